The first-order valence-corrected chi connectivity index (χ1v) is 8.44. The van der Waals surface area contributed by atoms with E-state index in [0.717, 1.165) is 11.3 Å². The third-order valence-electron chi connectivity index (χ3n) is 3.08. The monoisotopic (exact) mass is 338 g/mol. The van der Waals surface area contributed by atoms with Crippen molar-refractivity contribution in [2.45, 2.75) is 19.8 Å². The van der Waals surface area contributed by atoms with E-state index in [1.807, 2.05) is 31.2 Å². The van der Waals surface area contributed by atoms with Crippen molar-refractivity contribution < 1.29 is 19.5 Å². The number of hydrogen-bond donors (Lipinski definition) is 2. The molecule has 2 amide bonds. The van der Waals surface area contributed by atoms with Crippen LogP contribution in [0, 0.1) is 6.92 Å². The van der Waals surface area contributed by atoms with Gasteiger partial charge in [-0.05, 0) is 24.6 Å². The Balaban J connectivity index is 2.20. The topological polar surface area (TPSA) is 86.7 Å². The zero-order valence-electron chi connectivity index (χ0n) is 13.4. The van der Waals surface area contributed by atoms with Crippen LogP contribution in [0.4, 0.5) is 5.69 Å². The van der Waals surface area contributed by atoms with Crippen LogP contribution in [0.5, 0.6) is 0 Å². The quantitative estimate of drug-likeness (QED) is 0.673. The molecule has 0 aliphatic carbocycles. The summed E-state index contributed by atoms with van der Waals surface area (Å²) in [6.45, 7) is 2.16. The molecule has 0 radical (unpaired) electrons. The molecule has 0 aliphatic heterocycles. The van der Waals surface area contributed by atoms with E-state index >= 15 is 0 Å². The van der Waals surface area contributed by atoms with Gasteiger partial charge in [-0.1, -0.05) is 12.1 Å². The molecule has 0 aromatic heterocycles. The molecule has 126 valence electrons. The van der Waals surface area contributed by atoms with Gasteiger partial charge in [-0.25, -0.2) is 0 Å². The minimum absolute atomic E-state index is 0.0612. The zero-order chi connectivity index (χ0) is 17.2. The van der Waals surface area contributed by atoms with Crippen molar-refractivity contribution in [3.05, 3.63) is 29.8 Å². The lowest BCUT2D eigenvalue weighted by Crippen LogP contribution is -2.29. The van der Waals surface area contributed by atoms with E-state index in [9.17, 15) is 14.4 Å². The zero-order valence-corrected chi connectivity index (χ0v) is 14.2. The van der Waals surface area contributed by atoms with Gasteiger partial charge in [-0.15, -0.1) is 0 Å². The average molecular weight is 338 g/mol. The van der Waals surface area contributed by atoms with Gasteiger partial charge in [0.25, 0.3) is 0 Å². The molecule has 1 aromatic carbocycles. The Labute approximate surface area is 140 Å². The Kier molecular flexibility index (Phi) is 8.18. The van der Waals surface area contributed by atoms with Crippen molar-refractivity contribution in [3.8, 4) is 0 Å². The van der Waals surface area contributed by atoms with Crippen LogP contribution < -0.4 is 5.32 Å². The van der Waals surface area contributed by atoms with E-state index in [-0.39, 0.29) is 30.5 Å². The fraction of sp³-hybridized carbons (Fsp3) is 0.438. The molecule has 0 bridgehead atoms. The molecule has 0 heterocycles. The van der Waals surface area contributed by atoms with Gasteiger partial charge in [-0.2, -0.15) is 11.8 Å². The van der Waals surface area contributed by atoms with Crippen LogP contribution in [0.3, 0.4) is 0 Å². The maximum Gasteiger partial charge on any atom is 0.305 e. The molecule has 0 fully saturated rings. The molecule has 2 N–H and O–H groups in total. The summed E-state index contributed by atoms with van der Waals surface area (Å²) in [6, 6.07) is 7.56. The maximum absolute atomic E-state index is 11.8. The number of anilines is 1. The number of hydrogen-bond acceptors (Lipinski definition) is 4. The van der Waals surface area contributed by atoms with Crippen LogP contribution in [0.1, 0.15) is 18.4 Å². The van der Waals surface area contributed by atoms with Gasteiger partial charge in [0.1, 0.15) is 0 Å². The van der Waals surface area contributed by atoms with Crippen molar-refractivity contribution in [1.82, 2.24) is 4.90 Å². The minimum atomic E-state index is -0.924. The summed E-state index contributed by atoms with van der Waals surface area (Å²) in [4.78, 5) is 35.4. The Hall–Kier alpha value is -2.02. The molecule has 0 aliphatic rings. The minimum Gasteiger partial charge on any atom is -0.481 e. The molecule has 1 rings (SSSR count). The highest BCUT2D eigenvalue weighted by Crippen LogP contribution is 2.11. The van der Waals surface area contributed by atoms with Crippen LogP contribution in [-0.4, -0.2) is 52.9 Å². The second kappa shape index (κ2) is 9.89. The molecule has 7 heteroatoms. The summed E-state index contributed by atoms with van der Waals surface area (Å²) in [7, 11) is 1.58. The van der Waals surface area contributed by atoms with Gasteiger partial charge in [0.05, 0.1) is 12.2 Å². The summed E-state index contributed by atoms with van der Waals surface area (Å²) in [5.41, 5.74) is 1.84. The predicted molar refractivity (Wildman–Crippen MR) is 91.6 cm³/mol. The van der Waals surface area contributed by atoms with Gasteiger partial charge in [-0.3, -0.25) is 14.4 Å². The highest BCUT2D eigenvalue weighted by Gasteiger charge is 2.10. The number of nitrogens with one attached hydrogen (secondary N) is 1. The molecule has 0 saturated carbocycles. The normalized spacial score (nSPS) is 10.2. The number of carbonyl (C=O) groups is 3. The van der Waals surface area contributed by atoms with Crippen LogP contribution in [0.25, 0.3) is 0 Å². The van der Waals surface area contributed by atoms with E-state index in [0.29, 0.717) is 12.2 Å². The lowest BCUT2D eigenvalue weighted by molar-refractivity contribution is -0.138. The Morgan fingerprint density at radius 2 is 2.00 bits per heavy atom. The summed E-state index contributed by atoms with van der Waals surface area (Å²) < 4.78 is 0. The Morgan fingerprint density at radius 3 is 2.65 bits per heavy atom. The van der Waals surface area contributed by atoms with Crippen LogP contribution in [0.2, 0.25) is 0 Å². The molecule has 6 nitrogen and oxygen atoms in total. The van der Waals surface area contributed by atoms with Gasteiger partial charge in [0.15, 0.2) is 0 Å². The van der Waals surface area contributed by atoms with Gasteiger partial charge in [0, 0.05) is 31.5 Å². The highest BCUT2D eigenvalue weighted by molar-refractivity contribution is 7.99. The van der Waals surface area contributed by atoms with Crippen molar-refractivity contribution in [1.29, 1.82) is 0 Å². The molecular formula is C16H22N2O4S. The van der Waals surface area contributed by atoms with Crippen molar-refractivity contribution in [2.75, 3.05) is 30.4 Å². The highest BCUT2D eigenvalue weighted by atomic mass is 32.2. The summed E-state index contributed by atoms with van der Waals surface area (Å²) >= 11 is 1.38. The lowest BCUT2D eigenvalue weighted by atomic mass is 10.2. The third kappa shape index (κ3) is 8.25. The smallest absolute Gasteiger partial charge is 0.305 e. The van der Waals surface area contributed by atoms with E-state index < -0.39 is 5.97 Å². The predicted octanol–water partition coefficient (Wildman–Crippen LogP) is 1.99. The largest absolute Gasteiger partial charge is 0.481 e. The summed E-state index contributed by atoms with van der Waals surface area (Å²) in [5.74, 6) is -0.339. The number of benzene rings is 1. The van der Waals surface area contributed by atoms with Crippen LogP contribution >= 0.6 is 11.8 Å². The second-order valence-electron chi connectivity index (χ2n) is 5.18. The summed E-state index contributed by atoms with van der Waals surface area (Å²) in [6.07, 6.45) is 0.229. The number of amides is 2. The number of aryl methyl sites for hydroxylation is 1. The van der Waals surface area contributed by atoms with E-state index in [1.165, 1.54) is 16.7 Å². The molecule has 1 aromatic rings. The van der Waals surface area contributed by atoms with Crippen molar-refractivity contribution in [2.24, 2.45) is 0 Å². The number of carboxylic acids is 1. The molecule has 0 spiro atoms. The van der Waals surface area contributed by atoms with Crippen molar-refractivity contribution >= 4 is 35.2 Å². The number of carbonyl (C=O) groups excluding carboxylic acids is 2. The third-order valence-corrected chi connectivity index (χ3v) is 4.04. The van der Waals surface area contributed by atoms with Gasteiger partial charge < -0.3 is 15.3 Å². The summed E-state index contributed by atoms with van der Waals surface area (Å²) in [5, 5.41) is 11.4. The lowest BCUT2D eigenvalue weighted by Gasteiger charge is -2.15. The van der Waals surface area contributed by atoms with Crippen LogP contribution in [-0.2, 0) is 14.4 Å². The molecule has 0 saturated heterocycles. The van der Waals surface area contributed by atoms with E-state index in [4.69, 9.17) is 5.11 Å². The molecule has 23 heavy (non-hydrogen) atoms. The standard InChI is InChI=1S/C16H22N2O4S/c1-12-4-3-5-13(10-12)17-14(19)11-23-9-7-15(20)18(2)8-6-16(21)22/h3-5,10H,6-9,11H2,1-2H3,(H,17,19)(H,21,22). The van der Waals surface area contributed by atoms with E-state index in [1.54, 1.807) is 7.05 Å². The first-order chi connectivity index (χ1) is 10.9. The van der Waals surface area contributed by atoms with Gasteiger partial charge in [0.2, 0.25) is 11.8 Å². The molecule has 0 unspecified atom stereocenters. The first kappa shape index (κ1) is 19.0. The first-order valence-electron chi connectivity index (χ1n) is 7.28. The number of thioether (sulfide) groups is 1. The number of nitrogens with zero attached hydrogens (tertiary/aromatic N) is 1. The fourth-order valence-corrected chi connectivity index (χ4v) is 2.54. The molecule has 0 atom stereocenters. The van der Waals surface area contributed by atoms with Gasteiger partial charge >= 0.3 is 5.97 Å². The molecular weight excluding hydrogens is 316 g/mol. The van der Waals surface area contributed by atoms with Crippen LogP contribution in [0.15, 0.2) is 24.3 Å². The number of aliphatic carboxylic acids is 1. The van der Waals surface area contributed by atoms with E-state index in [2.05, 4.69) is 5.32 Å². The van der Waals surface area contributed by atoms with Crippen molar-refractivity contribution in [3.63, 3.8) is 0 Å². The Morgan fingerprint density at radius 1 is 1.26 bits per heavy atom. The maximum atomic E-state index is 11.8. The fourth-order valence-electron chi connectivity index (χ4n) is 1.82. The Bertz CT molecular complexity index is 563. The number of rotatable bonds is 9. The SMILES string of the molecule is Cc1cccc(NC(=O)CSCCC(=O)N(C)CCC(=O)O)c1. The average Bonchev–Trinajstić information content (AvgIpc) is 2.48. The number of carboxylic acid groups (broad SMARTS) is 1. The second-order valence-corrected chi connectivity index (χ2v) is 6.28.